The average molecular weight is 666 g/mol. The molecule has 1 aromatic carbocycles. The van der Waals surface area contributed by atoms with Crippen molar-refractivity contribution >= 4 is 27.1 Å². The molecule has 1 aromatic heterocycles. The predicted octanol–water partition coefficient (Wildman–Crippen LogP) is 6.25. The Balaban J connectivity index is 1.32. The molecule has 6 aliphatic rings. The summed E-state index contributed by atoms with van der Waals surface area (Å²) < 4.78 is 34.9. The third-order valence-electron chi connectivity index (χ3n) is 13.3. The molecule has 2 bridgehead atoms. The minimum atomic E-state index is -3.82. The molecule has 8 rings (SSSR count). The summed E-state index contributed by atoms with van der Waals surface area (Å²) in [6, 6.07) is 12.9. The molecule has 2 aromatic rings. The molecule has 1 unspecified atom stereocenters. The number of rotatable bonds is 10. The van der Waals surface area contributed by atoms with Crippen molar-refractivity contribution in [2.45, 2.75) is 81.1 Å². The monoisotopic (exact) mass is 665 g/mol. The topological polar surface area (TPSA) is 104 Å². The summed E-state index contributed by atoms with van der Waals surface area (Å²) in [5, 5.41) is 25.5. The second kappa shape index (κ2) is 11.2. The van der Waals surface area contributed by atoms with E-state index >= 15 is 0 Å². The number of fused-ring (bicyclic) bond motifs is 1. The van der Waals surface area contributed by atoms with Crippen LogP contribution in [0.1, 0.15) is 75.6 Å². The van der Waals surface area contributed by atoms with Crippen LogP contribution in [0.5, 0.6) is 0 Å². The second-order valence-electron chi connectivity index (χ2n) is 15.1. The van der Waals surface area contributed by atoms with Crippen molar-refractivity contribution in [1.82, 2.24) is 4.31 Å². The van der Waals surface area contributed by atoms with Crippen molar-refractivity contribution in [3.8, 4) is 0 Å². The maximum atomic E-state index is 14.6. The number of carbonyl (C=O) groups excluding carboxylic acids is 1. The first kappa shape index (κ1) is 32.4. The minimum absolute atomic E-state index is 0.00743. The number of ketones is 1. The van der Waals surface area contributed by atoms with Crippen LogP contribution in [0.4, 0.5) is 0 Å². The van der Waals surface area contributed by atoms with Gasteiger partial charge in [0.05, 0.1) is 11.7 Å². The molecule has 1 heterocycles. The molecule has 0 saturated heterocycles. The van der Waals surface area contributed by atoms with Gasteiger partial charge < -0.3 is 14.9 Å². The van der Waals surface area contributed by atoms with Crippen molar-refractivity contribution in [1.29, 1.82) is 0 Å². The van der Waals surface area contributed by atoms with Crippen LogP contribution >= 0.6 is 11.3 Å². The number of aliphatic hydroxyl groups is 2. The summed E-state index contributed by atoms with van der Waals surface area (Å²) in [7, 11) is -2.21. The van der Waals surface area contributed by atoms with Gasteiger partial charge in [-0.25, -0.2) is 8.42 Å². The fraction of sp³-hybridized carbons (Fsp3) is 0.595. The highest BCUT2D eigenvalue weighted by atomic mass is 32.2. The first-order valence-electron chi connectivity index (χ1n) is 16.8. The number of sulfonamides is 1. The van der Waals surface area contributed by atoms with Crippen LogP contribution in [0.15, 0.2) is 75.9 Å². The number of carbonyl (C=O) groups is 1. The molecule has 0 radical (unpaired) electrons. The Kier molecular flexibility index (Phi) is 7.90. The van der Waals surface area contributed by atoms with Crippen molar-refractivity contribution < 1.29 is 28.2 Å². The molecule has 9 heteroatoms. The van der Waals surface area contributed by atoms with E-state index in [4.69, 9.17) is 4.74 Å². The molecule has 2 spiro atoms. The summed E-state index contributed by atoms with van der Waals surface area (Å²) in [5.41, 5.74) is -1.55. The van der Waals surface area contributed by atoms with Gasteiger partial charge in [0, 0.05) is 54.2 Å². The van der Waals surface area contributed by atoms with Gasteiger partial charge in [-0.05, 0) is 80.1 Å². The largest absolute Gasteiger partial charge is 0.393 e. The van der Waals surface area contributed by atoms with Crippen LogP contribution in [-0.4, -0.2) is 67.2 Å². The van der Waals surface area contributed by atoms with Crippen molar-refractivity contribution in [2.24, 2.45) is 33.5 Å². The quantitative estimate of drug-likeness (QED) is 0.177. The van der Waals surface area contributed by atoms with Gasteiger partial charge in [0.25, 0.3) is 10.0 Å². The van der Waals surface area contributed by atoms with Crippen LogP contribution in [0.2, 0.25) is 0 Å². The van der Waals surface area contributed by atoms with Gasteiger partial charge in [0.15, 0.2) is 5.78 Å². The first-order chi connectivity index (χ1) is 21.9. The summed E-state index contributed by atoms with van der Waals surface area (Å²) in [6.07, 6.45) is 11.9. The molecular formula is C37H47NO6S2. The minimum Gasteiger partial charge on any atom is -0.393 e. The summed E-state index contributed by atoms with van der Waals surface area (Å²) >= 11 is 1.20. The Morgan fingerprint density at radius 3 is 2.43 bits per heavy atom. The van der Waals surface area contributed by atoms with Gasteiger partial charge in [-0.2, -0.15) is 4.31 Å². The lowest BCUT2D eigenvalue weighted by atomic mass is 9.32. The molecule has 6 aliphatic carbocycles. The highest BCUT2D eigenvalue weighted by Crippen LogP contribution is 2.78. The van der Waals surface area contributed by atoms with E-state index in [0.29, 0.717) is 37.9 Å². The Morgan fingerprint density at radius 1 is 1.00 bits per heavy atom. The Morgan fingerprint density at radius 2 is 1.72 bits per heavy atom. The Bertz CT molecular complexity index is 1660. The molecule has 3 fully saturated rings. The van der Waals surface area contributed by atoms with Gasteiger partial charge in [-0.15, -0.1) is 11.3 Å². The molecule has 7 nitrogen and oxygen atoms in total. The maximum Gasteiger partial charge on any atom is 0.252 e. The zero-order valence-electron chi connectivity index (χ0n) is 27.2. The van der Waals surface area contributed by atoms with E-state index in [1.54, 1.807) is 24.6 Å². The van der Waals surface area contributed by atoms with E-state index in [2.05, 4.69) is 32.1 Å². The molecule has 2 N–H and O–H groups in total. The van der Waals surface area contributed by atoms with Gasteiger partial charge in [-0.3, -0.25) is 4.79 Å². The Labute approximate surface area is 277 Å². The highest BCUT2D eigenvalue weighted by Gasteiger charge is 2.74. The first-order valence-corrected chi connectivity index (χ1v) is 19.2. The van der Waals surface area contributed by atoms with Gasteiger partial charge >= 0.3 is 0 Å². The number of hydrogen-bond acceptors (Lipinski definition) is 7. The second-order valence-corrected chi connectivity index (χ2v) is 18.2. The van der Waals surface area contributed by atoms with E-state index in [1.807, 2.05) is 30.3 Å². The van der Waals surface area contributed by atoms with E-state index in [9.17, 15) is 23.4 Å². The number of ether oxygens (including phenoxy) is 1. The number of Topliss-reactive ketones (excluding diaryl/α,β-unsaturated/α-hetero) is 1. The van der Waals surface area contributed by atoms with Crippen LogP contribution in [0.25, 0.3) is 0 Å². The lowest BCUT2D eigenvalue weighted by Crippen LogP contribution is -2.67. The smallest absolute Gasteiger partial charge is 0.252 e. The summed E-state index contributed by atoms with van der Waals surface area (Å²) in [5.74, 6) is 0.155. The molecule has 3 saturated carbocycles. The fourth-order valence-corrected chi connectivity index (χ4v) is 13.5. The normalized spacial score (nSPS) is 39.5. The number of aliphatic hydroxyl groups excluding tert-OH is 1. The molecule has 248 valence electrons. The average Bonchev–Trinajstić information content (AvgIpc) is 3.68. The third-order valence-corrected chi connectivity index (χ3v) is 16.5. The van der Waals surface area contributed by atoms with Crippen LogP contribution in [-0.2, 0) is 14.8 Å². The third kappa shape index (κ3) is 4.41. The molecule has 46 heavy (non-hydrogen) atoms. The van der Waals surface area contributed by atoms with Crippen molar-refractivity contribution in [2.75, 3.05) is 26.8 Å². The number of benzene rings is 1. The van der Waals surface area contributed by atoms with Gasteiger partial charge in [-0.1, -0.05) is 68.5 Å². The predicted molar refractivity (Wildman–Crippen MR) is 179 cm³/mol. The lowest BCUT2D eigenvalue weighted by Gasteiger charge is -2.71. The van der Waals surface area contributed by atoms with Crippen LogP contribution in [0, 0.1) is 33.5 Å². The van der Waals surface area contributed by atoms with E-state index in [-0.39, 0.29) is 40.3 Å². The number of hydrogen-bond donors (Lipinski definition) is 2. The molecule has 0 amide bonds. The number of nitrogens with zero attached hydrogens (tertiary/aromatic N) is 1. The fourth-order valence-electron chi connectivity index (χ4n) is 10.8. The van der Waals surface area contributed by atoms with Crippen molar-refractivity contribution in [3.63, 3.8) is 0 Å². The lowest BCUT2D eigenvalue weighted by molar-refractivity contribution is -0.173. The number of methoxy groups -OCH3 is 1. The molecule has 0 aliphatic heterocycles. The van der Waals surface area contributed by atoms with E-state index in [1.165, 1.54) is 15.6 Å². The molecule has 8 atom stereocenters. The van der Waals surface area contributed by atoms with Crippen LogP contribution < -0.4 is 0 Å². The van der Waals surface area contributed by atoms with E-state index < -0.39 is 38.0 Å². The maximum absolute atomic E-state index is 14.6. The van der Waals surface area contributed by atoms with Gasteiger partial charge in [0.2, 0.25) is 0 Å². The van der Waals surface area contributed by atoms with Crippen molar-refractivity contribution in [3.05, 3.63) is 77.2 Å². The summed E-state index contributed by atoms with van der Waals surface area (Å²) in [4.78, 5) is 14.6. The Hall–Kier alpha value is -2.14. The standard InChI is InChI=1S/C37H47NO6S2/c1-33-15-12-27(39)23-35(33)18-19-37(28(24-35)32(40)26-9-5-4-6-10-26)29(33)13-16-34(2)30(37)14-17-36(34,41)25-38(20-8-21-44-3)46(42,43)31-11-7-22-45-31/h4-7,9-11,18-19,22,24,27,29-30,39,41H,8,12-17,20-21,23,25H2,1-3H3/t27?,29-,30-,33-,34+,35+,36-,37-/m1/s1. The number of thiophene rings is 1. The SMILES string of the molecule is COCCCN(C[C@]1(O)CC[C@H]2[C@]34C=C[C@@]5(C=C3C(=O)c3ccccc3)CC(O)CC[C@]5(C)[C@H]4CC[C@@]21C)S(=O)(=O)c1cccs1. The highest BCUT2D eigenvalue weighted by molar-refractivity contribution is 7.91. The number of allylic oxidation sites excluding steroid dienone is 4. The zero-order valence-corrected chi connectivity index (χ0v) is 28.8. The zero-order chi connectivity index (χ0) is 32.6. The van der Waals surface area contributed by atoms with Crippen LogP contribution in [0.3, 0.4) is 0 Å². The summed E-state index contributed by atoms with van der Waals surface area (Å²) in [6.45, 7) is 5.22. The van der Waals surface area contributed by atoms with Gasteiger partial charge in [0.1, 0.15) is 4.21 Å². The van der Waals surface area contributed by atoms with E-state index in [0.717, 1.165) is 31.3 Å². The molecular weight excluding hydrogens is 619 g/mol.